The monoisotopic (exact) mass is 344 g/mol. The van der Waals surface area contributed by atoms with Crippen LogP contribution in [0.25, 0.3) is 0 Å². The average Bonchev–Trinajstić information content (AvgIpc) is 2.42. The van der Waals surface area contributed by atoms with E-state index in [-0.39, 0.29) is 6.04 Å². The smallest absolute Gasteiger partial charge is 0.0721 e. The SMILES string of the molecule is Cc1ccc(C(NN)c2ccc(C3CCC3)cc2)c(Br)c1. The molecule has 1 aliphatic carbocycles. The van der Waals surface area contributed by atoms with E-state index in [9.17, 15) is 0 Å². The zero-order chi connectivity index (χ0) is 14.8. The molecule has 0 heterocycles. The van der Waals surface area contributed by atoms with Gasteiger partial charge < -0.3 is 0 Å². The van der Waals surface area contributed by atoms with Crippen LogP contribution in [0.4, 0.5) is 0 Å². The number of nitrogens with one attached hydrogen (secondary N) is 1. The highest BCUT2D eigenvalue weighted by atomic mass is 79.9. The third kappa shape index (κ3) is 3.05. The van der Waals surface area contributed by atoms with Crippen molar-refractivity contribution in [1.82, 2.24) is 5.43 Å². The second-order valence-electron chi connectivity index (χ2n) is 5.92. The van der Waals surface area contributed by atoms with Gasteiger partial charge in [0.15, 0.2) is 0 Å². The van der Waals surface area contributed by atoms with Crippen molar-refractivity contribution in [2.75, 3.05) is 0 Å². The lowest BCUT2D eigenvalue weighted by Gasteiger charge is -2.26. The van der Waals surface area contributed by atoms with Crippen molar-refractivity contribution >= 4 is 15.9 Å². The largest absolute Gasteiger partial charge is 0.271 e. The quantitative estimate of drug-likeness (QED) is 0.629. The number of halogens is 1. The van der Waals surface area contributed by atoms with Gasteiger partial charge in [0, 0.05) is 4.47 Å². The normalized spacial score (nSPS) is 16.5. The summed E-state index contributed by atoms with van der Waals surface area (Å²) in [6.07, 6.45) is 4.04. The number of hydrogen-bond acceptors (Lipinski definition) is 2. The van der Waals surface area contributed by atoms with E-state index in [0.717, 1.165) is 10.4 Å². The zero-order valence-corrected chi connectivity index (χ0v) is 13.9. The average molecular weight is 345 g/mol. The van der Waals surface area contributed by atoms with Crippen molar-refractivity contribution in [3.8, 4) is 0 Å². The van der Waals surface area contributed by atoms with E-state index >= 15 is 0 Å². The minimum atomic E-state index is 0.00964. The molecule has 1 fully saturated rings. The fourth-order valence-electron chi connectivity index (χ4n) is 2.93. The van der Waals surface area contributed by atoms with Gasteiger partial charge >= 0.3 is 0 Å². The Balaban J connectivity index is 1.88. The van der Waals surface area contributed by atoms with Crippen LogP contribution in [0.1, 0.15) is 53.5 Å². The summed E-state index contributed by atoms with van der Waals surface area (Å²) in [6.45, 7) is 2.09. The fourth-order valence-corrected chi connectivity index (χ4v) is 3.66. The summed E-state index contributed by atoms with van der Waals surface area (Å²) in [5, 5.41) is 0. The van der Waals surface area contributed by atoms with E-state index in [1.807, 2.05) is 0 Å². The predicted molar refractivity (Wildman–Crippen MR) is 91.1 cm³/mol. The maximum absolute atomic E-state index is 5.81. The Hall–Kier alpha value is -1.16. The van der Waals surface area contributed by atoms with Crippen LogP contribution in [0.3, 0.4) is 0 Å². The van der Waals surface area contributed by atoms with Crippen molar-refractivity contribution in [2.45, 2.75) is 38.1 Å². The van der Waals surface area contributed by atoms with Gasteiger partial charge in [-0.25, -0.2) is 5.43 Å². The number of rotatable bonds is 4. The Labute approximate surface area is 134 Å². The standard InChI is InChI=1S/C18H21BrN2/c1-12-5-10-16(17(19)11-12)18(21-20)15-8-6-14(7-9-15)13-3-2-4-13/h5-11,13,18,21H,2-4,20H2,1H3. The first-order valence-corrected chi connectivity index (χ1v) is 8.30. The molecule has 1 saturated carbocycles. The molecule has 0 aromatic heterocycles. The van der Waals surface area contributed by atoms with Gasteiger partial charge in [-0.3, -0.25) is 5.84 Å². The first kappa shape index (κ1) is 14.8. The Morgan fingerprint density at radius 3 is 2.38 bits per heavy atom. The van der Waals surface area contributed by atoms with E-state index in [4.69, 9.17) is 5.84 Å². The van der Waals surface area contributed by atoms with Gasteiger partial charge in [0.1, 0.15) is 0 Å². The van der Waals surface area contributed by atoms with Gasteiger partial charge in [0.2, 0.25) is 0 Å². The summed E-state index contributed by atoms with van der Waals surface area (Å²) in [5.74, 6) is 6.58. The molecule has 0 bridgehead atoms. The Kier molecular flexibility index (Phi) is 4.43. The molecule has 1 aliphatic rings. The molecule has 0 saturated heterocycles. The van der Waals surface area contributed by atoms with E-state index in [1.165, 1.54) is 41.5 Å². The molecule has 3 rings (SSSR count). The second kappa shape index (κ2) is 6.30. The lowest BCUT2D eigenvalue weighted by Crippen LogP contribution is -2.29. The fraction of sp³-hybridized carbons (Fsp3) is 0.333. The summed E-state index contributed by atoms with van der Waals surface area (Å²) in [6, 6.07) is 15.3. The lowest BCUT2D eigenvalue weighted by atomic mass is 9.79. The summed E-state index contributed by atoms with van der Waals surface area (Å²) in [4.78, 5) is 0. The molecule has 3 N–H and O–H groups in total. The summed E-state index contributed by atoms with van der Waals surface area (Å²) in [5.41, 5.74) is 8.01. The van der Waals surface area contributed by atoms with E-state index in [0.29, 0.717) is 0 Å². The third-order valence-electron chi connectivity index (χ3n) is 4.48. The van der Waals surface area contributed by atoms with E-state index in [2.05, 4.69) is 70.7 Å². The van der Waals surface area contributed by atoms with Crippen molar-refractivity contribution in [3.63, 3.8) is 0 Å². The van der Waals surface area contributed by atoms with Crippen LogP contribution >= 0.6 is 15.9 Å². The van der Waals surface area contributed by atoms with Crippen LogP contribution in [0, 0.1) is 6.92 Å². The molecule has 0 aliphatic heterocycles. The molecule has 1 atom stereocenters. The van der Waals surface area contributed by atoms with E-state index in [1.54, 1.807) is 0 Å². The van der Waals surface area contributed by atoms with Crippen LogP contribution in [-0.2, 0) is 0 Å². The molecule has 2 nitrogen and oxygen atoms in total. The molecular formula is C18H21BrN2. The second-order valence-corrected chi connectivity index (χ2v) is 6.77. The lowest BCUT2D eigenvalue weighted by molar-refractivity contribution is 0.419. The van der Waals surface area contributed by atoms with Gasteiger partial charge in [-0.15, -0.1) is 0 Å². The van der Waals surface area contributed by atoms with Gasteiger partial charge in [-0.1, -0.05) is 58.7 Å². The van der Waals surface area contributed by atoms with Crippen molar-refractivity contribution in [1.29, 1.82) is 0 Å². The van der Waals surface area contributed by atoms with Crippen molar-refractivity contribution in [2.24, 2.45) is 5.84 Å². The van der Waals surface area contributed by atoms with Crippen LogP contribution in [0.2, 0.25) is 0 Å². The molecule has 2 aromatic carbocycles. The first-order valence-electron chi connectivity index (χ1n) is 7.51. The number of nitrogens with two attached hydrogens (primary N) is 1. The first-order chi connectivity index (χ1) is 10.2. The molecule has 0 amide bonds. The Bertz CT molecular complexity index is 618. The van der Waals surface area contributed by atoms with Crippen LogP contribution in [0.5, 0.6) is 0 Å². The predicted octanol–water partition coefficient (Wildman–Crippen LogP) is 4.58. The maximum atomic E-state index is 5.81. The third-order valence-corrected chi connectivity index (χ3v) is 5.17. The Morgan fingerprint density at radius 1 is 1.14 bits per heavy atom. The zero-order valence-electron chi connectivity index (χ0n) is 12.3. The number of hydrogen-bond donors (Lipinski definition) is 2. The minimum absolute atomic E-state index is 0.00964. The maximum Gasteiger partial charge on any atom is 0.0721 e. The molecule has 110 valence electrons. The molecule has 1 unspecified atom stereocenters. The topological polar surface area (TPSA) is 38.0 Å². The summed E-state index contributed by atoms with van der Waals surface area (Å²) in [7, 11) is 0. The Morgan fingerprint density at radius 2 is 1.86 bits per heavy atom. The molecular weight excluding hydrogens is 324 g/mol. The van der Waals surface area contributed by atoms with Crippen LogP contribution in [0.15, 0.2) is 46.9 Å². The highest BCUT2D eigenvalue weighted by Gasteiger charge is 2.20. The van der Waals surface area contributed by atoms with E-state index < -0.39 is 0 Å². The number of aryl methyl sites for hydroxylation is 1. The van der Waals surface area contributed by atoms with Crippen LogP contribution < -0.4 is 11.3 Å². The van der Waals surface area contributed by atoms with Gasteiger partial charge in [0.05, 0.1) is 6.04 Å². The molecule has 0 radical (unpaired) electrons. The van der Waals surface area contributed by atoms with Crippen LogP contribution in [-0.4, -0.2) is 0 Å². The summed E-state index contributed by atoms with van der Waals surface area (Å²) >= 11 is 3.65. The number of benzene rings is 2. The van der Waals surface area contributed by atoms with Gasteiger partial charge in [-0.2, -0.15) is 0 Å². The van der Waals surface area contributed by atoms with Crippen molar-refractivity contribution < 1.29 is 0 Å². The minimum Gasteiger partial charge on any atom is -0.271 e. The molecule has 21 heavy (non-hydrogen) atoms. The van der Waals surface area contributed by atoms with Crippen molar-refractivity contribution in [3.05, 3.63) is 69.2 Å². The molecule has 2 aromatic rings. The molecule has 3 heteroatoms. The number of hydrazine groups is 1. The highest BCUT2D eigenvalue weighted by molar-refractivity contribution is 9.10. The molecule has 0 spiro atoms. The highest BCUT2D eigenvalue weighted by Crippen LogP contribution is 2.37. The van der Waals surface area contributed by atoms with Gasteiger partial charge in [-0.05, 0) is 54.0 Å². The van der Waals surface area contributed by atoms with Gasteiger partial charge in [0.25, 0.3) is 0 Å². The summed E-state index contributed by atoms with van der Waals surface area (Å²) < 4.78 is 1.09.